The summed E-state index contributed by atoms with van der Waals surface area (Å²) in [5, 5.41) is 3.87. The van der Waals surface area contributed by atoms with E-state index in [0.717, 1.165) is 22.9 Å². The Hall–Kier alpha value is -2.50. The van der Waals surface area contributed by atoms with Gasteiger partial charge in [0, 0.05) is 10.6 Å². The van der Waals surface area contributed by atoms with Crippen molar-refractivity contribution in [3.8, 4) is 0 Å². The minimum absolute atomic E-state index is 0.437. The SMILES string of the molecule is Cc1ccccc1C(N=[N+]=[N-])c1cccc(NS(C)(=O)=O)c1. The second-order valence-corrected chi connectivity index (χ2v) is 6.71. The Morgan fingerprint density at radius 1 is 1.18 bits per heavy atom. The average Bonchev–Trinajstić information content (AvgIpc) is 2.44. The molecule has 2 aromatic rings. The summed E-state index contributed by atoms with van der Waals surface area (Å²) < 4.78 is 25.1. The Balaban J connectivity index is 2.48. The average molecular weight is 316 g/mol. The van der Waals surface area contributed by atoms with E-state index >= 15 is 0 Å². The fraction of sp³-hybridized carbons (Fsp3) is 0.200. The molecule has 7 heteroatoms. The van der Waals surface area contributed by atoms with Crippen LogP contribution in [0.1, 0.15) is 22.7 Å². The van der Waals surface area contributed by atoms with Gasteiger partial charge in [-0.05, 0) is 41.3 Å². The molecule has 0 radical (unpaired) electrons. The van der Waals surface area contributed by atoms with E-state index in [4.69, 9.17) is 5.53 Å². The lowest BCUT2D eigenvalue weighted by Gasteiger charge is -2.16. The van der Waals surface area contributed by atoms with Gasteiger partial charge in [-0.1, -0.05) is 41.5 Å². The summed E-state index contributed by atoms with van der Waals surface area (Å²) in [4.78, 5) is 2.92. The van der Waals surface area contributed by atoms with Crippen LogP contribution in [0.2, 0.25) is 0 Å². The summed E-state index contributed by atoms with van der Waals surface area (Å²) >= 11 is 0. The predicted octanol–water partition coefficient (Wildman–Crippen LogP) is 3.77. The van der Waals surface area contributed by atoms with Crippen LogP contribution in [-0.2, 0) is 10.0 Å². The molecule has 0 aliphatic carbocycles. The number of benzene rings is 2. The number of hydrogen-bond donors (Lipinski definition) is 1. The Morgan fingerprint density at radius 2 is 1.91 bits per heavy atom. The molecule has 114 valence electrons. The summed E-state index contributed by atoms with van der Waals surface area (Å²) in [5.74, 6) is 0. The fourth-order valence-electron chi connectivity index (χ4n) is 2.24. The van der Waals surface area contributed by atoms with E-state index < -0.39 is 16.1 Å². The molecule has 22 heavy (non-hydrogen) atoms. The van der Waals surface area contributed by atoms with Gasteiger partial charge in [0.1, 0.15) is 0 Å². The van der Waals surface area contributed by atoms with E-state index in [1.54, 1.807) is 24.3 Å². The maximum Gasteiger partial charge on any atom is 0.229 e. The summed E-state index contributed by atoms with van der Waals surface area (Å²) in [6.45, 7) is 1.94. The van der Waals surface area contributed by atoms with Gasteiger partial charge in [0.25, 0.3) is 0 Å². The lowest BCUT2D eigenvalue weighted by Crippen LogP contribution is -2.10. The van der Waals surface area contributed by atoms with Crippen molar-refractivity contribution in [1.29, 1.82) is 0 Å². The smallest absolute Gasteiger partial charge is 0.229 e. The predicted molar refractivity (Wildman–Crippen MR) is 87.1 cm³/mol. The zero-order valence-electron chi connectivity index (χ0n) is 12.3. The Labute approximate surface area is 129 Å². The molecule has 6 nitrogen and oxygen atoms in total. The number of nitrogens with zero attached hydrogens (tertiary/aromatic N) is 3. The highest BCUT2D eigenvalue weighted by Gasteiger charge is 2.15. The molecule has 0 amide bonds. The first-order valence-electron chi connectivity index (χ1n) is 6.58. The van der Waals surface area contributed by atoms with Gasteiger partial charge in [0.05, 0.1) is 12.3 Å². The van der Waals surface area contributed by atoms with E-state index in [1.165, 1.54) is 0 Å². The molecule has 0 aromatic heterocycles. The highest BCUT2D eigenvalue weighted by atomic mass is 32.2. The third-order valence-electron chi connectivity index (χ3n) is 3.16. The molecule has 1 N–H and O–H groups in total. The number of aryl methyl sites for hydroxylation is 1. The molecular weight excluding hydrogens is 300 g/mol. The van der Waals surface area contributed by atoms with Crippen LogP contribution in [0.25, 0.3) is 10.4 Å². The van der Waals surface area contributed by atoms with Crippen LogP contribution in [0.3, 0.4) is 0 Å². The van der Waals surface area contributed by atoms with Crippen LogP contribution < -0.4 is 4.72 Å². The van der Waals surface area contributed by atoms with Crippen LogP contribution in [0, 0.1) is 6.92 Å². The van der Waals surface area contributed by atoms with Crippen LogP contribution >= 0.6 is 0 Å². The third-order valence-corrected chi connectivity index (χ3v) is 3.76. The summed E-state index contributed by atoms with van der Waals surface area (Å²) in [7, 11) is -3.36. The molecule has 0 bridgehead atoms. The number of rotatable bonds is 5. The topological polar surface area (TPSA) is 94.9 Å². The number of sulfonamides is 1. The van der Waals surface area contributed by atoms with E-state index in [9.17, 15) is 8.42 Å². The van der Waals surface area contributed by atoms with Gasteiger partial charge >= 0.3 is 0 Å². The summed E-state index contributed by atoms with van der Waals surface area (Å²) in [5.41, 5.74) is 11.9. The van der Waals surface area contributed by atoms with E-state index in [0.29, 0.717) is 5.69 Å². The minimum Gasteiger partial charge on any atom is -0.284 e. The zero-order valence-corrected chi connectivity index (χ0v) is 13.1. The molecule has 1 unspecified atom stereocenters. The molecule has 0 spiro atoms. The standard InChI is InChI=1S/C15H16N4O2S/c1-11-6-3-4-9-14(11)15(17-19-16)12-7-5-8-13(10-12)18-22(2,20)21/h3-10,15,18H,1-2H3. The number of nitrogens with one attached hydrogen (secondary N) is 1. The number of hydrogen-bond acceptors (Lipinski definition) is 3. The molecular formula is C15H16N4O2S. The highest BCUT2D eigenvalue weighted by Crippen LogP contribution is 2.30. The second-order valence-electron chi connectivity index (χ2n) is 4.96. The molecule has 2 aromatic carbocycles. The first kappa shape index (κ1) is 15.9. The van der Waals surface area contributed by atoms with Gasteiger partial charge in [-0.3, -0.25) is 4.72 Å². The lowest BCUT2D eigenvalue weighted by atomic mass is 9.95. The monoisotopic (exact) mass is 316 g/mol. The minimum atomic E-state index is -3.36. The first-order valence-corrected chi connectivity index (χ1v) is 8.47. The molecule has 0 fully saturated rings. The van der Waals surface area contributed by atoms with E-state index in [1.807, 2.05) is 31.2 Å². The van der Waals surface area contributed by atoms with Gasteiger partial charge in [-0.15, -0.1) is 0 Å². The van der Waals surface area contributed by atoms with Crippen LogP contribution in [-0.4, -0.2) is 14.7 Å². The van der Waals surface area contributed by atoms with Crippen molar-refractivity contribution in [3.63, 3.8) is 0 Å². The van der Waals surface area contributed by atoms with Crippen molar-refractivity contribution in [3.05, 3.63) is 75.7 Å². The molecule has 0 saturated heterocycles. The highest BCUT2D eigenvalue weighted by molar-refractivity contribution is 7.92. The normalized spacial score (nSPS) is 12.3. The maximum atomic E-state index is 11.3. The fourth-order valence-corrected chi connectivity index (χ4v) is 2.80. The van der Waals surface area contributed by atoms with Gasteiger partial charge in [0.15, 0.2) is 0 Å². The third kappa shape index (κ3) is 4.00. The van der Waals surface area contributed by atoms with E-state index in [-0.39, 0.29) is 0 Å². The van der Waals surface area contributed by atoms with Crippen LogP contribution in [0.5, 0.6) is 0 Å². The number of azide groups is 1. The Kier molecular flexibility index (Phi) is 4.70. The second kappa shape index (κ2) is 6.51. The van der Waals surface area contributed by atoms with Crippen LogP contribution in [0.15, 0.2) is 53.6 Å². The zero-order chi connectivity index (χ0) is 16.2. The van der Waals surface area contributed by atoms with Crippen molar-refractivity contribution >= 4 is 15.7 Å². The van der Waals surface area contributed by atoms with Gasteiger partial charge in [-0.25, -0.2) is 8.42 Å². The van der Waals surface area contributed by atoms with Crippen molar-refractivity contribution in [2.45, 2.75) is 13.0 Å². The van der Waals surface area contributed by atoms with Gasteiger partial charge in [0.2, 0.25) is 10.0 Å². The van der Waals surface area contributed by atoms with Crippen molar-refractivity contribution < 1.29 is 8.42 Å². The molecule has 0 heterocycles. The molecule has 2 rings (SSSR count). The Morgan fingerprint density at radius 3 is 2.55 bits per heavy atom. The number of anilines is 1. The Bertz CT molecular complexity index is 827. The van der Waals surface area contributed by atoms with Crippen molar-refractivity contribution in [2.75, 3.05) is 11.0 Å². The molecule has 0 aliphatic heterocycles. The van der Waals surface area contributed by atoms with Crippen LogP contribution in [0.4, 0.5) is 5.69 Å². The van der Waals surface area contributed by atoms with Crippen molar-refractivity contribution in [2.24, 2.45) is 5.11 Å². The van der Waals surface area contributed by atoms with E-state index in [2.05, 4.69) is 14.7 Å². The summed E-state index contributed by atoms with van der Waals surface area (Å²) in [6.07, 6.45) is 1.09. The van der Waals surface area contributed by atoms with Gasteiger partial charge < -0.3 is 0 Å². The lowest BCUT2D eigenvalue weighted by molar-refractivity contribution is 0.607. The summed E-state index contributed by atoms with van der Waals surface area (Å²) in [6, 6.07) is 14.0. The molecule has 0 saturated carbocycles. The maximum absolute atomic E-state index is 11.3. The van der Waals surface area contributed by atoms with Crippen molar-refractivity contribution in [1.82, 2.24) is 0 Å². The molecule has 0 aliphatic rings. The quantitative estimate of drug-likeness (QED) is 0.516. The molecule has 1 atom stereocenters. The first-order chi connectivity index (χ1) is 10.4. The largest absolute Gasteiger partial charge is 0.284 e. The van der Waals surface area contributed by atoms with Gasteiger partial charge in [-0.2, -0.15) is 0 Å².